The summed E-state index contributed by atoms with van der Waals surface area (Å²) in [6.45, 7) is 0. The molecule has 0 amide bonds. The number of hydrazone groups is 1. The van der Waals surface area contributed by atoms with Gasteiger partial charge in [0.25, 0.3) is 0 Å². The number of methoxy groups -OCH3 is 2. The lowest BCUT2D eigenvalue weighted by Crippen LogP contribution is -2.21. The molecule has 1 rings (SSSR count). The Bertz CT molecular complexity index is 549. The molecule has 0 heterocycles. The average Bonchev–Trinajstić information content (AvgIpc) is 2.54. The van der Waals surface area contributed by atoms with Crippen LogP contribution in [0.4, 0.5) is 0 Å². The summed E-state index contributed by atoms with van der Waals surface area (Å²) in [5.41, 5.74) is 0.378. The van der Waals surface area contributed by atoms with Crippen LogP contribution in [0.5, 0.6) is 5.75 Å². The fourth-order valence-electron chi connectivity index (χ4n) is 1.34. The maximum atomic E-state index is 11.9. The van der Waals surface area contributed by atoms with Gasteiger partial charge in [-0.3, -0.25) is 9.05 Å². The van der Waals surface area contributed by atoms with Crippen molar-refractivity contribution in [3.8, 4) is 5.75 Å². The first-order valence-corrected chi connectivity index (χ1v) is 7.33. The predicted octanol–water partition coefficient (Wildman–Crippen LogP) is 1.56. The van der Waals surface area contributed by atoms with Crippen LogP contribution in [0.2, 0.25) is 0 Å². The van der Waals surface area contributed by atoms with Gasteiger partial charge in [0.15, 0.2) is 5.71 Å². The van der Waals surface area contributed by atoms with Crippen LogP contribution >= 0.6 is 7.75 Å². The predicted molar refractivity (Wildman–Crippen MR) is 76.3 cm³/mol. The van der Waals surface area contributed by atoms with E-state index in [-0.39, 0.29) is 5.71 Å². The monoisotopic (exact) mass is 316 g/mol. The highest BCUT2D eigenvalue weighted by molar-refractivity contribution is 7.51. The normalized spacial score (nSPS) is 11.9. The minimum atomic E-state index is -3.59. The fraction of sp³-hybridized carbons (Fsp3) is 0.333. The Morgan fingerprint density at radius 2 is 1.67 bits per heavy atom. The molecule has 0 saturated heterocycles. The minimum Gasteiger partial charge on any atom is -0.497 e. The van der Waals surface area contributed by atoms with Gasteiger partial charge in [-0.25, -0.2) is 14.6 Å². The van der Waals surface area contributed by atoms with Crippen molar-refractivity contribution < 1.29 is 27.9 Å². The number of carbonyl (C=O) groups is 1. The molecule has 8 nitrogen and oxygen atoms in total. The molecule has 0 fully saturated rings. The summed E-state index contributed by atoms with van der Waals surface area (Å²) in [4.78, 5) is 11.8. The van der Waals surface area contributed by atoms with Gasteiger partial charge in [-0.15, -0.1) is 0 Å². The molecule has 0 aliphatic carbocycles. The molecule has 0 aliphatic rings. The van der Waals surface area contributed by atoms with E-state index in [0.29, 0.717) is 11.3 Å². The maximum Gasteiger partial charge on any atom is 0.447 e. The highest BCUT2D eigenvalue weighted by atomic mass is 31.2. The van der Waals surface area contributed by atoms with Crippen molar-refractivity contribution in [3.63, 3.8) is 0 Å². The molecule has 0 radical (unpaired) electrons. The summed E-state index contributed by atoms with van der Waals surface area (Å²) < 4.78 is 30.9. The highest BCUT2D eigenvalue weighted by Crippen LogP contribution is 2.41. The van der Waals surface area contributed by atoms with Gasteiger partial charge < -0.3 is 9.47 Å². The molecule has 0 saturated carbocycles. The van der Waals surface area contributed by atoms with Gasteiger partial charge in [0.1, 0.15) is 5.75 Å². The first-order valence-electron chi connectivity index (χ1n) is 5.79. The molecular formula is C12H17N2O6P. The van der Waals surface area contributed by atoms with Crippen molar-refractivity contribution in [2.24, 2.45) is 5.10 Å². The highest BCUT2D eigenvalue weighted by Gasteiger charge is 2.22. The molecule has 0 spiro atoms. The Hall–Kier alpha value is -1.89. The first kappa shape index (κ1) is 17.2. The number of nitrogens with zero attached hydrogens (tertiary/aromatic N) is 1. The molecule has 1 aromatic rings. The van der Waals surface area contributed by atoms with Gasteiger partial charge in [-0.1, -0.05) is 0 Å². The fourth-order valence-corrected chi connectivity index (χ4v) is 1.88. The number of hydrogen-bond donors (Lipinski definition) is 1. The quantitative estimate of drug-likeness (QED) is 0.353. The number of carbonyl (C=O) groups excluding carboxylic acids is 1. The van der Waals surface area contributed by atoms with Crippen molar-refractivity contribution in [3.05, 3.63) is 29.8 Å². The molecular weight excluding hydrogens is 299 g/mol. The van der Waals surface area contributed by atoms with Crippen LogP contribution in [0, 0.1) is 0 Å². The standard InChI is InChI=1S/C12H17N2O6P/c1-17-10-7-5-9(6-8-10)11(12(15)18-2)13-14-21(16,19-3)20-4/h5-8H,1-4H3,(H,14,16)/b13-11+. The number of benzene rings is 1. The lowest BCUT2D eigenvalue weighted by atomic mass is 10.1. The van der Waals surface area contributed by atoms with E-state index in [2.05, 4.69) is 24.1 Å². The third-order valence-corrected chi connectivity index (χ3v) is 3.81. The van der Waals surface area contributed by atoms with Crippen molar-refractivity contribution in [2.45, 2.75) is 0 Å². The Balaban J connectivity index is 3.10. The number of nitrogens with one attached hydrogen (secondary N) is 1. The second-order valence-electron chi connectivity index (χ2n) is 3.64. The van der Waals surface area contributed by atoms with Crippen LogP contribution in [0.25, 0.3) is 0 Å². The summed E-state index contributed by atoms with van der Waals surface area (Å²) >= 11 is 0. The topological polar surface area (TPSA) is 95.5 Å². The van der Waals surface area contributed by atoms with Crippen molar-refractivity contribution >= 4 is 19.4 Å². The minimum absolute atomic E-state index is 0.0746. The molecule has 116 valence electrons. The third-order valence-electron chi connectivity index (χ3n) is 2.51. The summed E-state index contributed by atoms with van der Waals surface area (Å²) in [5, 5.41) is 5.98. The smallest absolute Gasteiger partial charge is 0.447 e. The molecule has 1 aromatic carbocycles. The zero-order chi connectivity index (χ0) is 15.9. The largest absolute Gasteiger partial charge is 0.497 e. The van der Waals surface area contributed by atoms with Gasteiger partial charge in [0.2, 0.25) is 0 Å². The Morgan fingerprint density at radius 1 is 1.10 bits per heavy atom. The van der Waals surface area contributed by atoms with E-state index in [1.54, 1.807) is 24.3 Å². The number of hydrogen-bond acceptors (Lipinski definition) is 7. The second-order valence-corrected chi connectivity index (χ2v) is 5.57. The van der Waals surface area contributed by atoms with Crippen LogP contribution < -0.4 is 9.93 Å². The lowest BCUT2D eigenvalue weighted by molar-refractivity contribution is -0.132. The summed E-state index contributed by atoms with van der Waals surface area (Å²) in [6, 6.07) is 6.53. The molecule has 9 heteroatoms. The third kappa shape index (κ3) is 4.56. The van der Waals surface area contributed by atoms with Gasteiger partial charge in [0.05, 0.1) is 14.2 Å². The van der Waals surface area contributed by atoms with E-state index >= 15 is 0 Å². The SMILES string of the molecule is COC(=O)/C(=N/NP(=O)(OC)OC)c1ccc(OC)cc1. The molecule has 0 bridgehead atoms. The number of ether oxygens (including phenoxy) is 2. The van der Waals surface area contributed by atoms with E-state index in [1.807, 2.05) is 0 Å². The van der Waals surface area contributed by atoms with Crippen LogP contribution in [-0.2, 0) is 23.1 Å². The number of rotatable bonds is 7. The van der Waals surface area contributed by atoms with Crippen LogP contribution in [0.15, 0.2) is 29.4 Å². The Kier molecular flexibility index (Phi) is 6.36. The molecule has 0 atom stereocenters. The number of esters is 1. The van der Waals surface area contributed by atoms with Crippen LogP contribution in [-0.4, -0.2) is 40.1 Å². The van der Waals surface area contributed by atoms with E-state index < -0.39 is 13.7 Å². The Labute approximate surface area is 122 Å². The molecule has 0 unspecified atom stereocenters. The van der Waals surface area contributed by atoms with Gasteiger partial charge >= 0.3 is 13.7 Å². The molecule has 0 aromatic heterocycles. The van der Waals surface area contributed by atoms with Gasteiger partial charge in [-0.2, -0.15) is 5.10 Å². The van der Waals surface area contributed by atoms with E-state index in [0.717, 1.165) is 0 Å². The zero-order valence-corrected chi connectivity index (χ0v) is 13.0. The van der Waals surface area contributed by atoms with Gasteiger partial charge in [-0.05, 0) is 24.3 Å². The molecule has 21 heavy (non-hydrogen) atoms. The van der Waals surface area contributed by atoms with Crippen LogP contribution in [0.1, 0.15) is 5.56 Å². The van der Waals surface area contributed by atoms with E-state index in [9.17, 15) is 9.36 Å². The zero-order valence-electron chi connectivity index (χ0n) is 12.2. The average molecular weight is 316 g/mol. The summed E-state index contributed by atoms with van der Waals surface area (Å²) in [7, 11) is 1.54. The van der Waals surface area contributed by atoms with Crippen molar-refractivity contribution in [1.29, 1.82) is 0 Å². The Morgan fingerprint density at radius 3 is 2.10 bits per heavy atom. The first-order chi connectivity index (χ1) is 9.99. The molecule has 1 N–H and O–H groups in total. The van der Waals surface area contributed by atoms with E-state index in [4.69, 9.17) is 4.74 Å². The summed E-state index contributed by atoms with van der Waals surface area (Å²) in [5.74, 6) is -0.0817. The van der Waals surface area contributed by atoms with E-state index in [1.165, 1.54) is 28.4 Å². The summed E-state index contributed by atoms with van der Waals surface area (Å²) in [6.07, 6.45) is 0. The van der Waals surface area contributed by atoms with Gasteiger partial charge in [0, 0.05) is 19.8 Å². The van der Waals surface area contributed by atoms with Crippen LogP contribution in [0.3, 0.4) is 0 Å². The maximum absolute atomic E-state index is 11.9. The van der Waals surface area contributed by atoms with Crippen molar-refractivity contribution in [1.82, 2.24) is 5.20 Å². The lowest BCUT2D eigenvalue weighted by Gasteiger charge is -2.13. The second kappa shape index (κ2) is 7.78. The molecule has 0 aliphatic heterocycles. The van der Waals surface area contributed by atoms with Crippen molar-refractivity contribution in [2.75, 3.05) is 28.4 Å².